The SMILES string of the molecule is NCc1nc(-c2nc(-c3cccc(F)c3)no2)cs1. The Balaban J connectivity index is 1.95. The molecule has 1 aromatic carbocycles. The van der Waals surface area contributed by atoms with Crippen LogP contribution in [-0.2, 0) is 6.54 Å². The minimum absolute atomic E-state index is 0.301. The number of nitrogens with zero attached hydrogens (tertiary/aromatic N) is 3. The first-order valence-electron chi connectivity index (χ1n) is 5.51. The fourth-order valence-electron chi connectivity index (χ4n) is 1.58. The van der Waals surface area contributed by atoms with Gasteiger partial charge in [0, 0.05) is 17.5 Å². The van der Waals surface area contributed by atoms with Crippen LogP contribution in [0.1, 0.15) is 5.01 Å². The van der Waals surface area contributed by atoms with Crippen molar-refractivity contribution in [3.8, 4) is 23.0 Å². The summed E-state index contributed by atoms with van der Waals surface area (Å²) in [6.45, 7) is 0.371. The summed E-state index contributed by atoms with van der Waals surface area (Å²) in [6, 6.07) is 6.01. The van der Waals surface area contributed by atoms with E-state index in [1.165, 1.54) is 23.5 Å². The number of benzene rings is 1. The van der Waals surface area contributed by atoms with Crippen molar-refractivity contribution in [1.29, 1.82) is 0 Å². The van der Waals surface area contributed by atoms with E-state index >= 15 is 0 Å². The number of aromatic nitrogens is 3. The minimum atomic E-state index is -0.345. The first-order chi connectivity index (χ1) is 9.26. The van der Waals surface area contributed by atoms with Gasteiger partial charge in [-0.1, -0.05) is 17.3 Å². The maximum Gasteiger partial charge on any atom is 0.277 e. The van der Waals surface area contributed by atoms with Gasteiger partial charge in [-0.15, -0.1) is 11.3 Å². The summed E-state index contributed by atoms with van der Waals surface area (Å²) in [5, 5.41) is 6.41. The van der Waals surface area contributed by atoms with Gasteiger partial charge < -0.3 is 10.3 Å². The van der Waals surface area contributed by atoms with Crippen molar-refractivity contribution in [2.45, 2.75) is 6.54 Å². The molecule has 0 spiro atoms. The van der Waals surface area contributed by atoms with Crippen LogP contribution in [0.5, 0.6) is 0 Å². The molecular formula is C12H9FN4OS. The molecule has 5 nitrogen and oxygen atoms in total. The summed E-state index contributed by atoms with van der Waals surface area (Å²) >= 11 is 1.43. The van der Waals surface area contributed by atoms with Crippen molar-refractivity contribution in [2.24, 2.45) is 5.73 Å². The average molecular weight is 276 g/mol. The Hall–Kier alpha value is -2.12. The third-order valence-electron chi connectivity index (χ3n) is 2.45. The van der Waals surface area contributed by atoms with Gasteiger partial charge >= 0.3 is 0 Å². The number of thiazole rings is 1. The van der Waals surface area contributed by atoms with Crippen LogP contribution in [0.2, 0.25) is 0 Å². The zero-order chi connectivity index (χ0) is 13.2. The fourth-order valence-corrected chi connectivity index (χ4v) is 2.22. The molecule has 0 saturated heterocycles. The zero-order valence-corrected chi connectivity index (χ0v) is 10.5. The highest BCUT2D eigenvalue weighted by molar-refractivity contribution is 7.09. The lowest BCUT2D eigenvalue weighted by Crippen LogP contribution is -1.94. The molecule has 7 heteroatoms. The molecule has 0 atom stereocenters. The van der Waals surface area contributed by atoms with E-state index in [1.807, 2.05) is 0 Å². The second-order valence-electron chi connectivity index (χ2n) is 3.76. The standard InChI is InChI=1S/C12H9FN4OS/c13-8-3-1-2-7(4-8)11-16-12(18-17-11)9-6-19-10(5-14)15-9/h1-4,6H,5,14H2. The molecule has 0 bridgehead atoms. The van der Waals surface area contributed by atoms with Crippen LogP contribution in [0.4, 0.5) is 4.39 Å². The first kappa shape index (κ1) is 11.9. The Morgan fingerprint density at radius 2 is 2.21 bits per heavy atom. The smallest absolute Gasteiger partial charge is 0.277 e. The van der Waals surface area contributed by atoms with Gasteiger partial charge in [0.1, 0.15) is 16.5 Å². The third-order valence-corrected chi connectivity index (χ3v) is 3.33. The van der Waals surface area contributed by atoms with Gasteiger partial charge in [-0.2, -0.15) is 4.98 Å². The quantitative estimate of drug-likeness (QED) is 0.795. The maximum atomic E-state index is 13.1. The van der Waals surface area contributed by atoms with Gasteiger partial charge in [0.05, 0.1) is 0 Å². The molecule has 19 heavy (non-hydrogen) atoms. The van der Waals surface area contributed by atoms with Crippen molar-refractivity contribution >= 4 is 11.3 Å². The summed E-state index contributed by atoms with van der Waals surface area (Å²) < 4.78 is 18.2. The Morgan fingerprint density at radius 3 is 2.95 bits per heavy atom. The van der Waals surface area contributed by atoms with Crippen molar-refractivity contribution in [3.63, 3.8) is 0 Å². The van der Waals surface area contributed by atoms with E-state index in [0.717, 1.165) is 5.01 Å². The molecular weight excluding hydrogens is 267 g/mol. The Morgan fingerprint density at radius 1 is 1.32 bits per heavy atom. The number of hydrogen-bond donors (Lipinski definition) is 1. The molecule has 96 valence electrons. The molecule has 0 saturated carbocycles. The average Bonchev–Trinajstić information content (AvgIpc) is 3.07. The highest BCUT2D eigenvalue weighted by Crippen LogP contribution is 2.23. The van der Waals surface area contributed by atoms with Crippen molar-refractivity contribution < 1.29 is 8.91 Å². The maximum absolute atomic E-state index is 13.1. The topological polar surface area (TPSA) is 77.8 Å². The van der Waals surface area contributed by atoms with Gasteiger partial charge in [-0.3, -0.25) is 0 Å². The molecule has 0 aliphatic rings. The number of nitrogens with two attached hydrogens (primary N) is 1. The lowest BCUT2D eigenvalue weighted by Gasteiger charge is -1.92. The van der Waals surface area contributed by atoms with E-state index < -0.39 is 0 Å². The Bertz CT molecular complexity index is 709. The van der Waals surface area contributed by atoms with Gasteiger partial charge in [-0.25, -0.2) is 9.37 Å². The zero-order valence-electron chi connectivity index (χ0n) is 9.71. The monoisotopic (exact) mass is 276 g/mol. The van der Waals surface area contributed by atoms with E-state index in [-0.39, 0.29) is 5.82 Å². The van der Waals surface area contributed by atoms with Gasteiger partial charge in [0.25, 0.3) is 5.89 Å². The molecule has 3 aromatic rings. The summed E-state index contributed by atoms with van der Waals surface area (Å²) in [7, 11) is 0. The number of rotatable bonds is 3. The Labute approximate surface area is 111 Å². The summed E-state index contributed by atoms with van der Waals surface area (Å²) in [4.78, 5) is 8.45. The lowest BCUT2D eigenvalue weighted by atomic mass is 10.2. The van der Waals surface area contributed by atoms with Crippen LogP contribution in [0.3, 0.4) is 0 Å². The first-order valence-corrected chi connectivity index (χ1v) is 6.39. The molecule has 0 aliphatic heterocycles. The van der Waals surface area contributed by atoms with Crippen LogP contribution in [0.25, 0.3) is 23.0 Å². The van der Waals surface area contributed by atoms with E-state index in [2.05, 4.69) is 15.1 Å². The largest absolute Gasteiger partial charge is 0.332 e. The second-order valence-corrected chi connectivity index (χ2v) is 4.71. The van der Waals surface area contributed by atoms with Crippen molar-refractivity contribution in [1.82, 2.24) is 15.1 Å². The summed E-state index contributed by atoms with van der Waals surface area (Å²) in [5.41, 5.74) is 6.64. The van der Waals surface area contributed by atoms with Crippen LogP contribution in [0, 0.1) is 5.82 Å². The predicted octanol–water partition coefficient (Wildman–Crippen LogP) is 2.46. The van der Waals surface area contributed by atoms with E-state index in [4.69, 9.17) is 10.3 Å². The molecule has 0 aliphatic carbocycles. The molecule has 0 radical (unpaired) electrons. The fraction of sp³-hybridized carbons (Fsp3) is 0.0833. The molecule has 2 heterocycles. The van der Waals surface area contributed by atoms with Crippen molar-refractivity contribution in [2.75, 3.05) is 0 Å². The minimum Gasteiger partial charge on any atom is -0.332 e. The van der Waals surface area contributed by atoms with E-state index in [0.29, 0.717) is 29.5 Å². The van der Waals surface area contributed by atoms with Crippen LogP contribution in [-0.4, -0.2) is 15.1 Å². The van der Waals surface area contributed by atoms with E-state index in [1.54, 1.807) is 17.5 Å². The number of hydrogen-bond acceptors (Lipinski definition) is 6. The van der Waals surface area contributed by atoms with Crippen LogP contribution < -0.4 is 5.73 Å². The molecule has 0 fully saturated rings. The Kier molecular flexibility index (Phi) is 3.06. The van der Waals surface area contributed by atoms with Gasteiger partial charge in [0.2, 0.25) is 5.82 Å². The third kappa shape index (κ3) is 2.38. The highest BCUT2D eigenvalue weighted by Gasteiger charge is 2.13. The molecule has 3 rings (SSSR count). The highest BCUT2D eigenvalue weighted by atomic mass is 32.1. The normalized spacial score (nSPS) is 10.8. The second kappa shape index (κ2) is 4.87. The van der Waals surface area contributed by atoms with Crippen LogP contribution >= 0.6 is 11.3 Å². The molecule has 2 aromatic heterocycles. The number of halogens is 1. The predicted molar refractivity (Wildman–Crippen MR) is 68.7 cm³/mol. The lowest BCUT2D eigenvalue weighted by molar-refractivity contribution is 0.431. The van der Waals surface area contributed by atoms with E-state index in [9.17, 15) is 4.39 Å². The van der Waals surface area contributed by atoms with Crippen molar-refractivity contribution in [3.05, 3.63) is 40.5 Å². The van der Waals surface area contributed by atoms with Gasteiger partial charge in [0.15, 0.2) is 0 Å². The summed E-state index contributed by atoms with van der Waals surface area (Å²) in [6.07, 6.45) is 0. The molecule has 0 unspecified atom stereocenters. The molecule has 2 N–H and O–H groups in total. The molecule has 0 amide bonds. The summed E-state index contributed by atoms with van der Waals surface area (Å²) in [5.74, 6) is 0.287. The van der Waals surface area contributed by atoms with Gasteiger partial charge in [-0.05, 0) is 12.1 Å². The van der Waals surface area contributed by atoms with Crippen LogP contribution in [0.15, 0.2) is 34.2 Å².